The van der Waals surface area contributed by atoms with E-state index in [4.69, 9.17) is 15.2 Å². The number of pyridine rings is 1. The number of aromatic nitrogens is 3. The van der Waals surface area contributed by atoms with Gasteiger partial charge in [0.25, 0.3) is 0 Å². The van der Waals surface area contributed by atoms with E-state index in [2.05, 4.69) is 34.0 Å². The number of rotatable bonds is 8. The molecule has 4 rings (SSSR count). The van der Waals surface area contributed by atoms with Crippen LogP contribution in [0.3, 0.4) is 0 Å². The lowest BCUT2D eigenvalue weighted by Crippen LogP contribution is -2.03. The Labute approximate surface area is 188 Å². The largest absolute Gasteiger partial charge is 0.497 e. The highest BCUT2D eigenvalue weighted by molar-refractivity contribution is 5.70. The minimum absolute atomic E-state index is 0.224. The number of anilines is 1. The van der Waals surface area contributed by atoms with Crippen molar-refractivity contribution in [2.75, 3.05) is 19.5 Å². The number of nitrogens with zero attached hydrogens (tertiary/aromatic N) is 3. The third-order valence-corrected chi connectivity index (χ3v) is 5.18. The smallest absolute Gasteiger partial charge is 0.221 e. The Bertz CT molecular complexity index is 1180. The Morgan fingerprint density at radius 2 is 1.62 bits per heavy atom. The zero-order valence-electron chi connectivity index (χ0n) is 18.3. The molecule has 4 aromatic rings. The van der Waals surface area contributed by atoms with Gasteiger partial charge < -0.3 is 15.2 Å². The summed E-state index contributed by atoms with van der Waals surface area (Å²) in [6.45, 7) is 2.69. The maximum absolute atomic E-state index is 5.99. The van der Waals surface area contributed by atoms with Gasteiger partial charge in [0.2, 0.25) is 5.95 Å². The molecule has 0 fully saturated rings. The highest BCUT2D eigenvalue weighted by Crippen LogP contribution is 2.27. The molecule has 0 atom stereocenters. The van der Waals surface area contributed by atoms with Gasteiger partial charge in [-0.1, -0.05) is 25.1 Å². The molecule has 0 amide bonds. The topological polar surface area (TPSA) is 83.2 Å². The van der Waals surface area contributed by atoms with Crippen LogP contribution in [0, 0.1) is 0 Å². The van der Waals surface area contributed by atoms with Gasteiger partial charge in [-0.15, -0.1) is 0 Å². The first-order valence-corrected chi connectivity index (χ1v) is 10.6. The SMILES string of the molecule is CCc1ccc(CCOc2ccc(-c3cc(-c4cccc(OC)c4)nc(N)n3)cc2)nc1. The third-order valence-electron chi connectivity index (χ3n) is 5.18. The number of nitrogen functional groups attached to an aromatic ring is 1. The monoisotopic (exact) mass is 426 g/mol. The molecule has 0 radical (unpaired) electrons. The molecule has 6 nitrogen and oxygen atoms in total. The number of benzene rings is 2. The van der Waals surface area contributed by atoms with Crippen molar-refractivity contribution >= 4 is 5.95 Å². The minimum Gasteiger partial charge on any atom is -0.497 e. The molecule has 32 heavy (non-hydrogen) atoms. The van der Waals surface area contributed by atoms with Crippen molar-refractivity contribution in [1.82, 2.24) is 15.0 Å². The van der Waals surface area contributed by atoms with Crippen LogP contribution < -0.4 is 15.2 Å². The molecule has 6 heteroatoms. The molecule has 162 valence electrons. The molecule has 0 unspecified atom stereocenters. The van der Waals surface area contributed by atoms with Gasteiger partial charge in [0, 0.05) is 29.4 Å². The molecule has 2 N–H and O–H groups in total. The highest BCUT2D eigenvalue weighted by atomic mass is 16.5. The summed E-state index contributed by atoms with van der Waals surface area (Å²) in [4.78, 5) is 13.3. The summed E-state index contributed by atoms with van der Waals surface area (Å²) in [6.07, 6.45) is 3.69. The zero-order chi connectivity index (χ0) is 22.3. The van der Waals surface area contributed by atoms with Crippen molar-refractivity contribution in [3.8, 4) is 34.0 Å². The first-order valence-electron chi connectivity index (χ1n) is 10.6. The molecule has 2 heterocycles. The normalized spacial score (nSPS) is 10.7. The van der Waals surface area contributed by atoms with Gasteiger partial charge in [0.15, 0.2) is 0 Å². The number of hydrogen-bond donors (Lipinski definition) is 1. The molecule has 2 aromatic carbocycles. The summed E-state index contributed by atoms with van der Waals surface area (Å²) in [5.74, 6) is 1.79. The first kappa shape index (κ1) is 21.3. The average Bonchev–Trinajstić information content (AvgIpc) is 2.84. The fourth-order valence-corrected chi connectivity index (χ4v) is 3.35. The lowest BCUT2D eigenvalue weighted by atomic mass is 10.1. The molecule has 0 aliphatic rings. The number of methoxy groups -OCH3 is 1. The fourth-order valence-electron chi connectivity index (χ4n) is 3.35. The second kappa shape index (κ2) is 9.92. The van der Waals surface area contributed by atoms with Crippen LogP contribution in [0.25, 0.3) is 22.5 Å². The molecule has 0 saturated carbocycles. The van der Waals surface area contributed by atoms with Crippen molar-refractivity contribution in [2.45, 2.75) is 19.8 Å². The van der Waals surface area contributed by atoms with Crippen LogP contribution in [-0.4, -0.2) is 28.7 Å². The molecule has 0 saturated heterocycles. The Hall–Kier alpha value is -3.93. The van der Waals surface area contributed by atoms with E-state index >= 15 is 0 Å². The Balaban J connectivity index is 1.44. The van der Waals surface area contributed by atoms with Crippen LogP contribution in [0.15, 0.2) is 72.9 Å². The standard InChI is InChI=1S/C26H26N4O2/c1-3-18-7-10-21(28-17-18)13-14-32-22-11-8-19(9-12-22)24-16-25(30-26(27)29-24)20-5-4-6-23(15-20)31-2/h4-12,15-17H,3,13-14H2,1-2H3,(H2,27,29,30). The highest BCUT2D eigenvalue weighted by Gasteiger charge is 2.08. The molecule has 0 aliphatic carbocycles. The van der Waals surface area contributed by atoms with E-state index in [1.807, 2.05) is 60.8 Å². The Morgan fingerprint density at radius 3 is 2.31 bits per heavy atom. The molecule has 0 bridgehead atoms. The van der Waals surface area contributed by atoms with Gasteiger partial charge in [-0.3, -0.25) is 4.98 Å². The predicted molar refractivity (Wildman–Crippen MR) is 127 cm³/mol. The summed E-state index contributed by atoms with van der Waals surface area (Å²) < 4.78 is 11.2. The second-order valence-electron chi connectivity index (χ2n) is 7.36. The van der Waals surface area contributed by atoms with Crippen LogP contribution in [0.5, 0.6) is 11.5 Å². The van der Waals surface area contributed by atoms with Crippen LogP contribution in [0.1, 0.15) is 18.2 Å². The Morgan fingerprint density at radius 1 is 0.844 bits per heavy atom. The fraction of sp³-hybridized carbons (Fsp3) is 0.192. The summed E-state index contributed by atoms with van der Waals surface area (Å²) in [6, 6.07) is 21.6. The van der Waals surface area contributed by atoms with Gasteiger partial charge in [-0.25, -0.2) is 9.97 Å². The van der Waals surface area contributed by atoms with Crippen LogP contribution in [0.4, 0.5) is 5.95 Å². The molecular formula is C26H26N4O2. The summed E-state index contributed by atoms with van der Waals surface area (Å²) in [7, 11) is 1.64. The summed E-state index contributed by atoms with van der Waals surface area (Å²) >= 11 is 0. The van der Waals surface area contributed by atoms with Crippen molar-refractivity contribution in [3.05, 3.63) is 84.2 Å². The van der Waals surface area contributed by atoms with Crippen LogP contribution in [0.2, 0.25) is 0 Å². The van der Waals surface area contributed by atoms with E-state index in [0.717, 1.165) is 52.5 Å². The lowest BCUT2D eigenvalue weighted by Gasteiger charge is -2.09. The lowest BCUT2D eigenvalue weighted by molar-refractivity contribution is 0.320. The van der Waals surface area contributed by atoms with Crippen molar-refractivity contribution < 1.29 is 9.47 Å². The van der Waals surface area contributed by atoms with E-state index in [1.165, 1.54) is 5.56 Å². The zero-order valence-corrected chi connectivity index (χ0v) is 18.3. The maximum atomic E-state index is 5.99. The van der Waals surface area contributed by atoms with Gasteiger partial charge in [0.1, 0.15) is 11.5 Å². The van der Waals surface area contributed by atoms with Crippen molar-refractivity contribution in [1.29, 1.82) is 0 Å². The van der Waals surface area contributed by atoms with E-state index in [1.54, 1.807) is 7.11 Å². The quantitative estimate of drug-likeness (QED) is 0.428. The average molecular weight is 427 g/mol. The minimum atomic E-state index is 0.224. The predicted octanol–water partition coefficient (Wildman–Crippen LogP) is 4.98. The van der Waals surface area contributed by atoms with Gasteiger partial charge in [0.05, 0.1) is 25.1 Å². The molecule has 0 aliphatic heterocycles. The summed E-state index contributed by atoms with van der Waals surface area (Å²) in [5, 5.41) is 0. The second-order valence-corrected chi connectivity index (χ2v) is 7.36. The van der Waals surface area contributed by atoms with E-state index in [0.29, 0.717) is 6.61 Å². The Kier molecular flexibility index (Phi) is 6.60. The first-order chi connectivity index (χ1) is 15.6. The van der Waals surface area contributed by atoms with Gasteiger partial charge in [-0.05, 0) is 60.5 Å². The number of hydrogen-bond acceptors (Lipinski definition) is 6. The van der Waals surface area contributed by atoms with Crippen LogP contribution >= 0.6 is 0 Å². The number of aryl methyl sites for hydroxylation is 1. The third kappa shape index (κ3) is 5.21. The summed E-state index contributed by atoms with van der Waals surface area (Å²) in [5.41, 5.74) is 11.6. The maximum Gasteiger partial charge on any atom is 0.221 e. The van der Waals surface area contributed by atoms with E-state index in [-0.39, 0.29) is 5.95 Å². The van der Waals surface area contributed by atoms with E-state index in [9.17, 15) is 0 Å². The van der Waals surface area contributed by atoms with Gasteiger partial charge >= 0.3 is 0 Å². The van der Waals surface area contributed by atoms with Gasteiger partial charge in [-0.2, -0.15) is 0 Å². The number of ether oxygens (including phenoxy) is 2. The number of nitrogens with two attached hydrogens (primary N) is 1. The van der Waals surface area contributed by atoms with Crippen LogP contribution in [-0.2, 0) is 12.8 Å². The van der Waals surface area contributed by atoms with Crippen molar-refractivity contribution in [3.63, 3.8) is 0 Å². The van der Waals surface area contributed by atoms with E-state index < -0.39 is 0 Å². The molecule has 0 spiro atoms. The molecule has 2 aromatic heterocycles. The molecular weight excluding hydrogens is 400 g/mol. The van der Waals surface area contributed by atoms with Crippen molar-refractivity contribution in [2.24, 2.45) is 0 Å².